The molecule has 0 bridgehead atoms. The molecule has 0 fully saturated rings. The Morgan fingerprint density at radius 1 is 0.952 bits per heavy atom. The standard InChI is InChI=1S/C13H8Br2F4N2/c14-7-2-1-6(13(17,18)19)3-11(7)21-12-4-8(15)9(16)5-10(12)20/h1-5,21H,20H2. The van der Waals surface area contributed by atoms with Gasteiger partial charge in [0.2, 0.25) is 0 Å². The van der Waals surface area contributed by atoms with Crippen molar-refractivity contribution < 1.29 is 17.6 Å². The first-order valence-corrected chi connectivity index (χ1v) is 7.15. The maximum atomic E-state index is 13.3. The molecule has 0 aliphatic carbocycles. The van der Waals surface area contributed by atoms with Crippen LogP contribution < -0.4 is 11.1 Å². The Hall–Kier alpha value is -1.28. The highest BCUT2D eigenvalue weighted by Crippen LogP contribution is 2.36. The van der Waals surface area contributed by atoms with E-state index in [1.807, 2.05) is 0 Å². The summed E-state index contributed by atoms with van der Waals surface area (Å²) in [6.45, 7) is 0. The molecule has 3 N–H and O–H groups in total. The highest BCUT2D eigenvalue weighted by molar-refractivity contribution is 9.10. The van der Waals surface area contributed by atoms with Crippen molar-refractivity contribution in [1.82, 2.24) is 0 Å². The largest absolute Gasteiger partial charge is 0.416 e. The Morgan fingerprint density at radius 3 is 2.24 bits per heavy atom. The highest BCUT2D eigenvalue weighted by atomic mass is 79.9. The normalized spacial score (nSPS) is 11.5. The summed E-state index contributed by atoms with van der Waals surface area (Å²) in [6.07, 6.45) is -4.45. The lowest BCUT2D eigenvalue weighted by atomic mass is 10.2. The number of nitrogens with one attached hydrogen (secondary N) is 1. The van der Waals surface area contributed by atoms with Crippen molar-refractivity contribution in [2.75, 3.05) is 11.1 Å². The predicted molar refractivity (Wildman–Crippen MR) is 80.9 cm³/mol. The Kier molecular flexibility index (Phi) is 4.48. The molecule has 0 spiro atoms. The summed E-state index contributed by atoms with van der Waals surface area (Å²) in [4.78, 5) is 0. The Bertz CT molecular complexity index is 687. The molecule has 0 amide bonds. The molecule has 0 unspecified atom stereocenters. The number of hydrogen-bond acceptors (Lipinski definition) is 2. The number of rotatable bonds is 2. The zero-order chi connectivity index (χ0) is 15.8. The molecule has 2 nitrogen and oxygen atoms in total. The van der Waals surface area contributed by atoms with E-state index >= 15 is 0 Å². The van der Waals surface area contributed by atoms with Crippen LogP contribution in [0.25, 0.3) is 0 Å². The lowest BCUT2D eigenvalue weighted by molar-refractivity contribution is -0.137. The maximum Gasteiger partial charge on any atom is 0.416 e. The summed E-state index contributed by atoms with van der Waals surface area (Å²) >= 11 is 6.15. The molecule has 0 aromatic heterocycles. The minimum absolute atomic E-state index is 0.0833. The van der Waals surface area contributed by atoms with E-state index in [-0.39, 0.29) is 15.8 Å². The van der Waals surface area contributed by atoms with Gasteiger partial charge in [0, 0.05) is 10.5 Å². The maximum absolute atomic E-state index is 13.3. The van der Waals surface area contributed by atoms with Crippen molar-refractivity contribution in [2.45, 2.75) is 6.18 Å². The molecule has 0 aliphatic rings. The van der Waals surface area contributed by atoms with E-state index < -0.39 is 17.6 Å². The molecular weight excluding hydrogens is 420 g/mol. The molecule has 0 radical (unpaired) electrons. The van der Waals surface area contributed by atoms with Gasteiger partial charge in [0.15, 0.2) is 0 Å². The lowest BCUT2D eigenvalue weighted by Gasteiger charge is -2.14. The smallest absolute Gasteiger partial charge is 0.397 e. The third-order valence-electron chi connectivity index (χ3n) is 2.66. The fraction of sp³-hybridized carbons (Fsp3) is 0.0769. The molecule has 2 rings (SSSR count). The van der Waals surface area contributed by atoms with Gasteiger partial charge in [-0.05, 0) is 56.1 Å². The van der Waals surface area contributed by atoms with Crippen molar-refractivity contribution in [1.29, 1.82) is 0 Å². The first kappa shape index (κ1) is 16.1. The quantitative estimate of drug-likeness (QED) is 0.476. The van der Waals surface area contributed by atoms with E-state index in [1.165, 1.54) is 12.1 Å². The molecule has 0 saturated carbocycles. The number of anilines is 3. The third-order valence-corrected chi connectivity index (χ3v) is 3.95. The van der Waals surface area contributed by atoms with Crippen molar-refractivity contribution >= 4 is 48.9 Å². The molecule has 8 heteroatoms. The Labute approximate surface area is 134 Å². The molecule has 21 heavy (non-hydrogen) atoms. The molecule has 0 saturated heterocycles. The van der Waals surface area contributed by atoms with E-state index in [1.54, 1.807) is 0 Å². The summed E-state index contributed by atoms with van der Waals surface area (Å²) in [7, 11) is 0. The van der Waals surface area contributed by atoms with Crippen LogP contribution in [0.5, 0.6) is 0 Å². The number of nitrogens with two attached hydrogens (primary N) is 1. The van der Waals surface area contributed by atoms with Crippen molar-refractivity contribution in [3.8, 4) is 0 Å². The van der Waals surface area contributed by atoms with E-state index in [4.69, 9.17) is 5.73 Å². The molecule has 0 heterocycles. The average Bonchev–Trinajstić information content (AvgIpc) is 2.37. The second-order valence-electron chi connectivity index (χ2n) is 4.17. The van der Waals surface area contributed by atoms with Crippen molar-refractivity contribution in [2.24, 2.45) is 0 Å². The zero-order valence-corrected chi connectivity index (χ0v) is 13.4. The van der Waals surface area contributed by atoms with Crippen LogP contribution in [0.15, 0.2) is 39.3 Å². The first-order chi connectivity index (χ1) is 9.68. The molecule has 112 valence electrons. The first-order valence-electron chi connectivity index (χ1n) is 5.57. The summed E-state index contributed by atoms with van der Waals surface area (Å²) in [6, 6.07) is 5.62. The van der Waals surface area contributed by atoms with E-state index in [0.29, 0.717) is 10.2 Å². The summed E-state index contributed by atoms with van der Waals surface area (Å²) in [5.74, 6) is -0.554. The number of hydrogen-bond donors (Lipinski definition) is 2. The average molecular weight is 428 g/mol. The third kappa shape index (κ3) is 3.68. The van der Waals surface area contributed by atoms with Gasteiger partial charge in [0.25, 0.3) is 0 Å². The van der Waals surface area contributed by atoms with Gasteiger partial charge >= 0.3 is 6.18 Å². The Balaban J connectivity index is 2.42. The van der Waals surface area contributed by atoms with Crippen LogP contribution in [0, 0.1) is 5.82 Å². The van der Waals surface area contributed by atoms with Crippen molar-refractivity contribution in [3.63, 3.8) is 0 Å². The number of benzene rings is 2. The van der Waals surface area contributed by atoms with E-state index in [9.17, 15) is 17.6 Å². The van der Waals surface area contributed by atoms with Crippen LogP contribution in [-0.4, -0.2) is 0 Å². The van der Waals surface area contributed by atoms with Gasteiger partial charge in [-0.1, -0.05) is 0 Å². The van der Waals surface area contributed by atoms with Crippen molar-refractivity contribution in [3.05, 3.63) is 50.7 Å². The summed E-state index contributed by atoms with van der Waals surface area (Å²) in [5.41, 5.74) is 5.41. The molecule has 0 atom stereocenters. The molecular formula is C13H8Br2F4N2. The van der Waals surface area contributed by atoms with Gasteiger partial charge in [0.05, 0.1) is 27.1 Å². The van der Waals surface area contributed by atoms with Gasteiger partial charge in [0.1, 0.15) is 5.82 Å². The van der Waals surface area contributed by atoms with E-state index in [2.05, 4.69) is 37.2 Å². The van der Waals surface area contributed by atoms with Crippen LogP contribution in [0.3, 0.4) is 0 Å². The van der Waals surface area contributed by atoms with Crippen LogP contribution in [0.4, 0.5) is 34.6 Å². The molecule has 2 aromatic carbocycles. The summed E-state index contributed by atoms with van der Waals surface area (Å²) in [5, 5.41) is 2.75. The Morgan fingerprint density at radius 2 is 1.62 bits per heavy atom. The SMILES string of the molecule is Nc1cc(F)c(Br)cc1Nc1cc(C(F)(F)F)ccc1Br. The van der Waals surface area contributed by atoms with Gasteiger partial charge in [-0.3, -0.25) is 0 Å². The number of halogens is 6. The fourth-order valence-corrected chi connectivity index (χ4v) is 2.30. The van der Waals surface area contributed by atoms with E-state index in [0.717, 1.165) is 18.2 Å². The second kappa shape index (κ2) is 5.84. The van der Waals surface area contributed by atoms with Gasteiger partial charge < -0.3 is 11.1 Å². The van der Waals surface area contributed by atoms with Crippen LogP contribution in [0.2, 0.25) is 0 Å². The highest BCUT2D eigenvalue weighted by Gasteiger charge is 2.31. The minimum Gasteiger partial charge on any atom is -0.397 e. The monoisotopic (exact) mass is 426 g/mol. The second-order valence-corrected chi connectivity index (χ2v) is 5.88. The fourth-order valence-electron chi connectivity index (χ4n) is 1.61. The molecule has 2 aromatic rings. The van der Waals surface area contributed by atoms with Gasteiger partial charge in [-0.2, -0.15) is 13.2 Å². The number of nitrogen functional groups attached to an aromatic ring is 1. The lowest BCUT2D eigenvalue weighted by Crippen LogP contribution is -2.06. The summed E-state index contributed by atoms with van der Waals surface area (Å²) < 4.78 is 52.0. The minimum atomic E-state index is -4.45. The zero-order valence-electron chi connectivity index (χ0n) is 10.2. The number of alkyl halides is 3. The topological polar surface area (TPSA) is 38.0 Å². The van der Waals surface area contributed by atoms with Gasteiger partial charge in [-0.15, -0.1) is 0 Å². The van der Waals surface area contributed by atoms with Crippen LogP contribution in [0.1, 0.15) is 5.56 Å². The van der Waals surface area contributed by atoms with Gasteiger partial charge in [-0.25, -0.2) is 4.39 Å². The van der Waals surface area contributed by atoms with Crippen LogP contribution in [-0.2, 0) is 6.18 Å². The van der Waals surface area contributed by atoms with Crippen LogP contribution >= 0.6 is 31.9 Å². The molecule has 0 aliphatic heterocycles. The predicted octanol–water partition coefficient (Wildman–Crippen LogP) is 5.70.